The number of amides is 1. The number of rotatable bonds is 4. The molecule has 1 fully saturated rings. The summed E-state index contributed by atoms with van der Waals surface area (Å²) in [7, 11) is 0. The Morgan fingerprint density at radius 3 is 3.11 bits per heavy atom. The summed E-state index contributed by atoms with van der Waals surface area (Å²) >= 11 is 3.41. The van der Waals surface area contributed by atoms with E-state index in [1.807, 2.05) is 16.8 Å². The number of nitrogens with one attached hydrogen (secondary N) is 2. The monoisotopic (exact) mass is 329 g/mol. The first-order chi connectivity index (χ1) is 9.08. The van der Waals surface area contributed by atoms with E-state index in [1.54, 1.807) is 0 Å². The molecule has 0 aliphatic carbocycles. The average molecular weight is 330 g/mol. The minimum atomic E-state index is -0.0493. The molecule has 0 saturated carbocycles. The Balaban J connectivity index is 1.95. The topological polar surface area (TPSA) is 55.3 Å². The van der Waals surface area contributed by atoms with Crippen LogP contribution in [0.15, 0.2) is 16.7 Å². The molecule has 0 spiro atoms. The molecule has 0 bridgehead atoms. The molecule has 106 valence electrons. The van der Waals surface area contributed by atoms with Crippen molar-refractivity contribution in [2.45, 2.75) is 25.9 Å². The van der Waals surface area contributed by atoms with Crippen molar-refractivity contribution in [2.24, 2.45) is 0 Å². The second-order valence-corrected chi connectivity index (χ2v) is 5.90. The van der Waals surface area contributed by atoms with Gasteiger partial charge < -0.3 is 19.9 Å². The Kier molecular flexibility index (Phi) is 5.01. The van der Waals surface area contributed by atoms with Crippen LogP contribution in [0.25, 0.3) is 0 Å². The summed E-state index contributed by atoms with van der Waals surface area (Å²) < 4.78 is 8.24. The van der Waals surface area contributed by atoms with E-state index < -0.39 is 0 Å². The maximum absolute atomic E-state index is 12.2. The van der Waals surface area contributed by atoms with Crippen LogP contribution in [0.4, 0.5) is 0 Å². The first-order valence-electron chi connectivity index (χ1n) is 6.54. The molecule has 6 heteroatoms. The van der Waals surface area contributed by atoms with Crippen molar-refractivity contribution in [1.82, 2.24) is 15.2 Å². The van der Waals surface area contributed by atoms with Crippen molar-refractivity contribution in [3.8, 4) is 0 Å². The summed E-state index contributed by atoms with van der Waals surface area (Å²) in [6, 6.07) is 2.30. The molecule has 1 aromatic heterocycles. The lowest BCUT2D eigenvalue weighted by atomic mass is 10.2. The second kappa shape index (κ2) is 6.54. The number of carbonyl (C=O) groups excluding carboxylic acids is 1. The zero-order valence-electron chi connectivity index (χ0n) is 11.3. The summed E-state index contributed by atoms with van der Waals surface area (Å²) in [4.78, 5) is 12.2. The second-order valence-electron chi connectivity index (χ2n) is 4.98. The highest BCUT2D eigenvalue weighted by atomic mass is 79.9. The van der Waals surface area contributed by atoms with Crippen LogP contribution < -0.4 is 10.6 Å². The van der Waals surface area contributed by atoms with Crippen molar-refractivity contribution in [2.75, 3.05) is 26.3 Å². The van der Waals surface area contributed by atoms with Crippen LogP contribution in [0.1, 0.15) is 30.4 Å². The molecule has 5 nitrogen and oxygen atoms in total. The number of aromatic nitrogens is 1. The fraction of sp³-hybridized carbons (Fsp3) is 0.615. The van der Waals surface area contributed by atoms with Crippen LogP contribution in [0.2, 0.25) is 0 Å². The molecular weight excluding hydrogens is 310 g/mol. The lowest BCUT2D eigenvalue weighted by Crippen LogP contribution is -2.48. The highest BCUT2D eigenvalue weighted by Crippen LogP contribution is 2.19. The van der Waals surface area contributed by atoms with Gasteiger partial charge in [-0.1, -0.05) is 0 Å². The Morgan fingerprint density at radius 1 is 1.68 bits per heavy atom. The summed E-state index contributed by atoms with van der Waals surface area (Å²) in [5.41, 5.74) is 0.679. The van der Waals surface area contributed by atoms with E-state index in [1.165, 1.54) is 0 Å². The van der Waals surface area contributed by atoms with E-state index in [-0.39, 0.29) is 18.0 Å². The summed E-state index contributed by atoms with van der Waals surface area (Å²) in [6.45, 7) is 6.93. The molecule has 1 saturated heterocycles. The molecule has 1 atom stereocenters. The predicted molar refractivity (Wildman–Crippen MR) is 77.5 cm³/mol. The molecule has 1 aromatic rings. The fourth-order valence-corrected chi connectivity index (χ4v) is 2.55. The largest absolute Gasteiger partial charge is 0.378 e. The normalized spacial score (nSPS) is 19.7. The Morgan fingerprint density at radius 2 is 2.47 bits per heavy atom. The lowest BCUT2D eigenvalue weighted by molar-refractivity contribution is 0.0732. The summed E-state index contributed by atoms with van der Waals surface area (Å²) in [5.74, 6) is -0.0493. The van der Waals surface area contributed by atoms with Gasteiger partial charge in [0.25, 0.3) is 5.91 Å². The van der Waals surface area contributed by atoms with E-state index in [2.05, 4.69) is 40.4 Å². The van der Waals surface area contributed by atoms with Crippen LogP contribution >= 0.6 is 15.9 Å². The van der Waals surface area contributed by atoms with E-state index >= 15 is 0 Å². The molecule has 2 heterocycles. The van der Waals surface area contributed by atoms with Gasteiger partial charge >= 0.3 is 0 Å². The number of morpholine rings is 1. The van der Waals surface area contributed by atoms with E-state index in [9.17, 15) is 4.79 Å². The third-order valence-corrected chi connectivity index (χ3v) is 3.55. The van der Waals surface area contributed by atoms with Crippen LogP contribution in [0.3, 0.4) is 0 Å². The van der Waals surface area contributed by atoms with Crippen molar-refractivity contribution >= 4 is 21.8 Å². The van der Waals surface area contributed by atoms with Gasteiger partial charge in [-0.15, -0.1) is 0 Å². The Hall–Kier alpha value is -0.850. The number of ether oxygens (including phenoxy) is 1. The number of hydrogen-bond donors (Lipinski definition) is 2. The smallest absolute Gasteiger partial charge is 0.268 e. The van der Waals surface area contributed by atoms with Gasteiger partial charge in [0, 0.05) is 35.8 Å². The fourth-order valence-electron chi connectivity index (χ4n) is 2.11. The molecule has 1 aliphatic heterocycles. The van der Waals surface area contributed by atoms with Gasteiger partial charge in [-0.25, -0.2) is 0 Å². The SMILES string of the molecule is CC(C)n1cc(Br)cc1C(=O)NCC1COCCN1. The number of carbonyl (C=O) groups is 1. The van der Waals surface area contributed by atoms with Gasteiger partial charge in [-0.2, -0.15) is 0 Å². The van der Waals surface area contributed by atoms with E-state index in [0.29, 0.717) is 18.8 Å². The predicted octanol–water partition coefficient (Wildman–Crippen LogP) is 1.55. The Labute approximate surface area is 121 Å². The first kappa shape index (κ1) is 14.6. The van der Waals surface area contributed by atoms with Crippen LogP contribution in [0.5, 0.6) is 0 Å². The standard InChI is InChI=1S/C13H20BrN3O2/c1-9(2)17-7-10(14)5-12(17)13(18)16-6-11-8-19-4-3-15-11/h5,7,9,11,15H,3-4,6,8H2,1-2H3,(H,16,18). The average Bonchev–Trinajstić information content (AvgIpc) is 2.79. The number of nitrogens with zero attached hydrogens (tertiary/aromatic N) is 1. The molecule has 0 aromatic carbocycles. The maximum atomic E-state index is 12.2. The van der Waals surface area contributed by atoms with Gasteiger partial charge in [0.15, 0.2) is 0 Å². The molecule has 0 radical (unpaired) electrons. The van der Waals surface area contributed by atoms with Crippen LogP contribution in [-0.4, -0.2) is 42.8 Å². The minimum Gasteiger partial charge on any atom is -0.378 e. The zero-order chi connectivity index (χ0) is 13.8. The zero-order valence-corrected chi connectivity index (χ0v) is 12.9. The highest BCUT2D eigenvalue weighted by Gasteiger charge is 2.17. The molecule has 1 unspecified atom stereocenters. The molecule has 1 aliphatic rings. The molecule has 19 heavy (non-hydrogen) atoms. The van der Waals surface area contributed by atoms with Gasteiger partial charge in [-0.3, -0.25) is 4.79 Å². The summed E-state index contributed by atoms with van der Waals surface area (Å²) in [6.07, 6.45) is 1.93. The molecule has 1 amide bonds. The van der Waals surface area contributed by atoms with Crippen molar-refractivity contribution in [3.05, 3.63) is 22.4 Å². The highest BCUT2D eigenvalue weighted by molar-refractivity contribution is 9.10. The summed E-state index contributed by atoms with van der Waals surface area (Å²) in [5, 5.41) is 6.27. The minimum absolute atomic E-state index is 0.0493. The first-order valence-corrected chi connectivity index (χ1v) is 7.34. The third-order valence-electron chi connectivity index (χ3n) is 3.11. The molecular formula is C13H20BrN3O2. The van der Waals surface area contributed by atoms with Crippen LogP contribution in [-0.2, 0) is 4.74 Å². The van der Waals surface area contributed by atoms with Gasteiger partial charge in [0.2, 0.25) is 0 Å². The third kappa shape index (κ3) is 3.81. The Bertz CT molecular complexity index is 439. The van der Waals surface area contributed by atoms with Gasteiger partial charge in [0.05, 0.1) is 13.2 Å². The molecule has 2 rings (SSSR count). The van der Waals surface area contributed by atoms with Crippen LogP contribution in [0, 0.1) is 0 Å². The van der Waals surface area contributed by atoms with Crippen molar-refractivity contribution in [1.29, 1.82) is 0 Å². The number of halogens is 1. The van der Waals surface area contributed by atoms with Crippen molar-refractivity contribution < 1.29 is 9.53 Å². The van der Waals surface area contributed by atoms with Gasteiger partial charge in [0.1, 0.15) is 5.69 Å². The van der Waals surface area contributed by atoms with E-state index in [0.717, 1.165) is 17.6 Å². The van der Waals surface area contributed by atoms with E-state index in [4.69, 9.17) is 4.74 Å². The maximum Gasteiger partial charge on any atom is 0.268 e. The number of hydrogen-bond acceptors (Lipinski definition) is 3. The quantitative estimate of drug-likeness (QED) is 0.881. The van der Waals surface area contributed by atoms with Crippen molar-refractivity contribution in [3.63, 3.8) is 0 Å². The molecule has 2 N–H and O–H groups in total. The lowest BCUT2D eigenvalue weighted by Gasteiger charge is -2.24. The van der Waals surface area contributed by atoms with Gasteiger partial charge in [-0.05, 0) is 35.8 Å².